The van der Waals surface area contributed by atoms with E-state index in [9.17, 15) is 0 Å². The van der Waals surface area contributed by atoms with Crippen molar-refractivity contribution >= 4 is 38.8 Å². The maximum Gasteiger partial charge on any atom is 0.100 e. The number of allylic oxidation sites excluding steroid dienone is 2. The fourth-order valence-corrected chi connectivity index (χ4v) is 10.6. The number of aromatic nitrogens is 1. The summed E-state index contributed by atoms with van der Waals surface area (Å²) in [6.07, 6.45) is 7.67. The number of nitrogens with zero attached hydrogens (tertiary/aromatic N) is 2. The summed E-state index contributed by atoms with van der Waals surface area (Å²) in [5.41, 5.74) is 18.3. The van der Waals surface area contributed by atoms with Crippen molar-refractivity contribution in [3.63, 3.8) is 0 Å². The maximum atomic E-state index is 2.61. The average molecular weight is 869 g/mol. The SMILES string of the molecule is C1=CCC(c2ccccc2-c2ccccc2)(N(c2ccc(-c3ccc(-n4c5ccccc5c5ccccc54)cc3)cc2)c2ccc(-c3cccc(-c4ccccc4)c3)cc2)C(c2ccccc2)=C1. The van der Waals surface area contributed by atoms with Crippen LogP contribution in [0.15, 0.2) is 279 Å². The van der Waals surface area contributed by atoms with Gasteiger partial charge in [-0.25, -0.2) is 0 Å². The quantitative estimate of drug-likeness (QED) is 0.133. The summed E-state index contributed by atoms with van der Waals surface area (Å²) in [7, 11) is 0. The van der Waals surface area contributed by atoms with Gasteiger partial charge in [-0.15, -0.1) is 0 Å². The number of para-hydroxylation sites is 2. The van der Waals surface area contributed by atoms with Crippen LogP contribution in [-0.2, 0) is 5.54 Å². The second-order valence-corrected chi connectivity index (χ2v) is 17.6. The van der Waals surface area contributed by atoms with Crippen LogP contribution in [0.1, 0.15) is 17.5 Å². The minimum atomic E-state index is -0.650. The number of fused-ring (bicyclic) bond motifs is 3. The highest BCUT2D eigenvalue weighted by Gasteiger charge is 2.45. The van der Waals surface area contributed by atoms with Crippen LogP contribution in [0.2, 0.25) is 0 Å². The third kappa shape index (κ3) is 7.24. The Morgan fingerprint density at radius 3 is 1.38 bits per heavy atom. The van der Waals surface area contributed by atoms with E-state index in [2.05, 4.69) is 289 Å². The van der Waals surface area contributed by atoms with Crippen molar-refractivity contribution in [2.24, 2.45) is 0 Å². The summed E-state index contributed by atoms with van der Waals surface area (Å²) in [5, 5.41) is 2.53. The van der Waals surface area contributed by atoms with Crippen molar-refractivity contribution < 1.29 is 0 Å². The molecule has 10 aromatic carbocycles. The van der Waals surface area contributed by atoms with Crippen LogP contribution in [-0.4, -0.2) is 4.57 Å². The molecule has 2 nitrogen and oxygen atoms in total. The van der Waals surface area contributed by atoms with Crippen LogP contribution < -0.4 is 4.90 Å². The zero-order valence-electron chi connectivity index (χ0n) is 37.7. The average Bonchev–Trinajstić information content (AvgIpc) is 3.77. The van der Waals surface area contributed by atoms with Gasteiger partial charge in [0, 0.05) is 27.8 Å². The third-order valence-corrected chi connectivity index (χ3v) is 13.8. The fraction of sp³-hybridized carbons (Fsp3) is 0.0303. The Morgan fingerprint density at radius 2 is 0.794 bits per heavy atom. The van der Waals surface area contributed by atoms with Gasteiger partial charge in [0.1, 0.15) is 5.54 Å². The van der Waals surface area contributed by atoms with Gasteiger partial charge in [0.25, 0.3) is 0 Å². The van der Waals surface area contributed by atoms with Gasteiger partial charge >= 0.3 is 0 Å². The Labute approximate surface area is 398 Å². The number of hydrogen-bond acceptors (Lipinski definition) is 1. The first-order valence-corrected chi connectivity index (χ1v) is 23.6. The van der Waals surface area contributed by atoms with Crippen LogP contribution in [0.3, 0.4) is 0 Å². The van der Waals surface area contributed by atoms with Crippen LogP contribution in [0.4, 0.5) is 11.4 Å². The third-order valence-electron chi connectivity index (χ3n) is 13.8. The van der Waals surface area contributed by atoms with Crippen molar-refractivity contribution in [1.82, 2.24) is 4.57 Å². The van der Waals surface area contributed by atoms with E-state index in [1.807, 2.05) is 0 Å². The number of hydrogen-bond donors (Lipinski definition) is 0. The van der Waals surface area contributed by atoms with Gasteiger partial charge in [-0.05, 0) is 122 Å². The second-order valence-electron chi connectivity index (χ2n) is 17.6. The van der Waals surface area contributed by atoms with E-state index in [0.29, 0.717) is 0 Å². The van der Waals surface area contributed by atoms with Crippen LogP contribution in [0.5, 0.6) is 0 Å². The molecule has 1 heterocycles. The summed E-state index contributed by atoms with van der Waals surface area (Å²) in [6, 6.07) is 95.2. The molecular formula is C66H48N2. The summed E-state index contributed by atoms with van der Waals surface area (Å²) >= 11 is 0. The molecule has 322 valence electrons. The van der Waals surface area contributed by atoms with Gasteiger partial charge in [0.15, 0.2) is 0 Å². The zero-order valence-corrected chi connectivity index (χ0v) is 37.7. The molecule has 1 aliphatic rings. The minimum absolute atomic E-state index is 0.650. The van der Waals surface area contributed by atoms with Crippen molar-refractivity contribution in [3.05, 3.63) is 290 Å². The first kappa shape index (κ1) is 40.8. The molecule has 1 atom stereocenters. The second kappa shape index (κ2) is 17.6. The molecule has 0 bridgehead atoms. The molecule has 1 aliphatic carbocycles. The molecular weight excluding hydrogens is 821 g/mol. The number of anilines is 2. The lowest BCUT2D eigenvalue weighted by atomic mass is 9.70. The summed E-state index contributed by atoms with van der Waals surface area (Å²) in [5.74, 6) is 0. The lowest BCUT2D eigenvalue weighted by molar-refractivity contribution is 0.568. The van der Waals surface area contributed by atoms with Crippen LogP contribution in [0.25, 0.3) is 77.6 Å². The lowest BCUT2D eigenvalue weighted by Crippen LogP contribution is -2.45. The molecule has 0 spiro atoms. The van der Waals surface area contributed by atoms with Gasteiger partial charge in [-0.2, -0.15) is 0 Å². The summed E-state index contributed by atoms with van der Waals surface area (Å²) < 4.78 is 2.38. The zero-order chi connectivity index (χ0) is 45.3. The summed E-state index contributed by atoms with van der Waals surface area (Å²) in [4.78, 5) is 2.61. The van der Waals surface area contributed by atoms with E-state index >= 15 is 0 Å². The highest BCUT2D eigenvalue weighted by atomic mass is 15.2. The molecule has 0 saturated heterocycles. The Bertz CT molecular complexity index is 3550. The van der Waals surface area contributed by atoms with E-state index < -0.39 is 5.54 Å². The minimum Gasteiger partial charge on any atom is -0.327 e. The smallest absolute Gasteiger partial charge is 0.100 e. The highest BCUT2D eigenvalue weighted by molar-refractivity contribution is 6.09. The molecule has 0 N–H and O–H groups in total. The highest BCUT2D eigenvalue weighted by Crippen LogP contribution is 2.54. The predicted octanol–water partition coefficient (Wildman–Crippen LogP) is 17.5. The Morgan fingerprint density at radius 1 is 0.353 bits per heavy atom. The van der Waals surface area contributed by atoms with Gasteiger partial charge in [-0.1, -0.05) is 224 Å². The first-order valence-electron chi connectivity index (χ1n) is 23.6. The molecule has 0 radical (unpaired) electrons. The lowest BCUT2D eigenvalue weighted by Gasteiger charge is -2.49. The maximum absolute atomic E-state index is 2.61. The molecule has 1 aromatic heterocycles. The van der Waals surface area contributed by atoms with Gasteiger partial charge in [-0.3, -0.25) is 0 Å². The Hall–Kier alpha value is -8.72. The number of rotatable bonds is 10. The summed E-state index contributed by atoms with van der Waals surface area (Å²) in [6.45, 7) is 0. The van der Waals surface area contributed by atoms with E-state index in [1.165, 1.54) is 77.5 Å². The monoisotopic (exact) mass is 868 g/mol. The molecule has 12 rings (SSSR count). The molecule has 2 heteroatoms. The largest absolute Gasteiger partial charge is 0.327 e. The molecule has 68 heavy (non-hydrogen) atoms. The molecule has 1 unspecified atom stereocenters. The molecule has 11 aromatic rings. The van der Waals surface area contributed by atoms with E-state index in [1.54, 1.807) is 0 Å². The van der Waals surface area contributed by atoms with Crippen molar-refractivity contribution in [2.45, 2.75) is 12.0 Å². The molecule has 0 saturated carbocycles. The van der Waals surface area contributed by atoms with Crippen molar-refractivity contribution in [3.8, 4) is 50.2 Å². The van der Waals surface area contributed by atoms with Gasteiger partial charge in [0.2, 0.25) is 0 Å². The molecule has 0 fully saturated rings. The molecule has 0 amide bonds. The normalized spacial score (nSPS) is 14.5. The van der Waals surface area contributed by atoms with E-state index in [-0.39, 0.29) is 0 Å². The van der Waals surface area contributed by atoms with Gasteiger partial charge in [0.05, 0.1) is 11.0 Å². The van der Waals surface area contributed by atoms with E-state index in [0.717, 1.165) is 29.0 Å². The first-order chi connectivity index (χ1) is 33.7. The van der Waals surface area contributed by atoms with Crippen molar-refractivity contribution in [1.29, 1.82) is 0 Å². The Kier molecular flexibility index (Phi) is 10.5. The Balaban J connectivity index is 1.01. The van der Waals surface area contributed by atoms with E-state index in [4.69, 9.17) is 0 Å². The topological polar surface area (TPSA) is 8.17 Å². The standard InChI is InChI=1S/C66H48N2/c1-4-19-48(20-5-1)54-25-18-26-55(47-54)51-38-44-58(45-39-51)68(66(46-17-16-30-62(66)53-23-8-3-9-24-53)63-31-13-10-27-59(63)52-21-6-2-7-22-52)57-42-36-50(37-43-57)49-34-40-56(41-35-49)67-64-32-14-11-28-60(64)61-29-12-15-33-65(61)67/h1-45,47H,46H2. The molecule has 0 aliphatic heterocycles. The predicted molar refractivity (Wildman–Crippen MR) is 287 cm³/mol. The van der Waals surface area contributed by atoms with Crippen LogP contribution in [0, 0.1) is 0 Å². The van der Waals surface area contributed by atoms with Crippen molar-refractivity contribution in [2.75, 3.05) is 4.90 Å². The van der Waals surface area contributed by atoms with Gasteiger partial charge < -0.3 is 9.47 Å². The fourth-order valence-electron chi connectivity index (χ4n) is 10.6. The van der Waals surface area contributed by atoms with Crippen LogP contribution >= 0.6 is 0 Å². The number of benzene rings is 10.